The Morgan fingerprint density at radius 3 is 2.33 bits per heavy atom. The van der Waals surface area contributed by atoms with E-state index >= 15 is 0 Å². The van der Waals surface area contributed by atoms with Gasteiger partial charge in [-0.2, -0.15) is 0 Å². The first-order valence-corrected chi connectivity index (χ1v) is 6.61. The molecule has 0 saturated carbocycles. The third-order valence-corrected chi connectivity index (χ3v) is 3.32. The molecule has 0 aromatic heterocycles. The highest BCUT2D eigenvalue weighted by Crippen LogP contribution is 2.20. The lowest BCUT2D eigenvalue weighted by molar-refractivity contribution is -0.152. The Kier molecular flexibility index (Phi) is 4.93. The van der Waals surface area contributed by atoms with Crippen molar-refractivity contribution in [2.75, 3.05) is 6.54 Å². The van der Waals surface area contributed by atoms with E-state index in [0.717, 1.165) is 0 Å². The highest BCUT2D eigenvalue weighted by atomic mass is 16.2. The molecule has 2 amide bonds. The van der Waals surface area contributed by atoms with Crippen molar-refractivity contribution in [2.45, 2.75) is 46.2 Å². The molecule has 4 heteroatoms. The van der Waals surface area contributed by atoms with Gasteiger partial charge in [0.15, 0.2) is 0 Å². The highest BCUT2D eigenvalue weighted by Gasteiger charge is 2.42. The summed E-state index contributed by atoms with van der Waals surface area (Å²) in [5.74, 6) is 0.227. The molecule has 2 atom stereocenters. The van der Waals surface area contributed by atoms with Crippen LogP contribution in [0.4, 0.5) is 0 Å². The molecule has 0 bridgehead atoms. The second kappa shape index (κ2) is 6.03. The third-order valence-electron chi connectivity index (χ3n) is 3.32. The monoisotopic (exact) mass is 252 g/mol. The summed E-state index contributed by atoms with van der Waals surface area (Å²) in [5.41, 5.74) is 0. The van der Waals surface area contributed by atoms with Crippen LogP contribution in [0.1, 0.15) is 34.1 Å². The highest BCUT2D eigenvalue weighted by molar-refractivity contribution is 5.97. The zero-order valence-corrected chi connectivity index (χ0v) is 11.8. The van der Waals surface area contributed by atoms with Gasteiger partial charge >= 0.3 is 0 Å². The van der Waals surface area contributed by atoms with Gasteiger partial charge in [0, 0.05) is 6.54 Å². The van der Waals surface area contributed by atoms with Gasteiger partial charge in [-0.3, -0.25) is 9.59 Å². The Morgan fingerprint density at radius 1 is 1.28 bits per heavy atom. The van der Waals surface area contributed by atoms with Gasteiger partial charge < -0.3 is 10.2 Å². The predicted octanol–water partition coefficient (Wildman–Crippen LogP) is 1.57. The topological polar surface area (TPSA) is 49.4 Å². The fraction of sp³-hybridized carbons (Fsp3) is 0.714. The van der Waals surface area contributed by atoms with Gasteiger partial charge in [-0.15, -0.1) is 6.58 Å². The van der Waals surface area contributed by atoms with Crippen molar-refractivity contribution in [3.8, 4) is 0 Å². The number of nitrogens with zero attached hydrogens (tertiary/aromatic N) is 1. The van der Waals surface area contributed by atoms with Gasteiger partial charge in [0.1, 0.15) is 12.1 Å². The number of piperazine rings is 1. The Bertz CT molecular complexity index is 337. The molecule has 0 aromatic rings. The van der Waals surface area contributed by atoms with Crippen LogP contribution in [0.15, 0.2) is 12.7 Å². The molecular formula is C14H24N2O2. The van der Waals surface area contributed by atoms with Crippen molar-refractivity contribution in [1.82, 2.24) is 10.2 Å². The van der Waals surface area contributed by atoms with Gasteiger partial charge in [-0.05, 0) is 18.3 Å². The maximum atomic E-state index is 12.4. The Hall–Kier alpha value is -1.32. The molecule has 4 nitrogen and oxygen atoms in total. The molecule has 1 aliphatic rings. The molecule has 0 spiro atoms. The van der Waals surface area contributed by atoms with Crippen LogP contribution in [0.5, 0.6) is 0 Å². The fourth-order valence-corrected chi connectivity index (χ4v) is 2.35. The summed E-state index contributed by atoms with van der Waals surface area (Å²) < 4.78 is 0. The smallest absolute Gasteiger partial charge is 0.246 e. The largest absolute Gasteiger partial charge is 0.342 e. The number of hydrogen-bond donors (Lipinski definition) is 1. The van der Waals surface area contributed by atoms with Gasteiger partial charge in [0.05, 0.1) is 0 Å². The molecule has 0 radical (unpaired) electrons. The molecule has 0 aromatic carbocycles. The van der Waals surface area contributed by atoms with E-state index in [-0.39, 0.29) is 29.7 Å². The van der Waals surface area contributed by atoms with Crippen molar-refractivity contribution >= 4 is 11.8 Å². The molecule has 1 heterocycles. The predicted molar refractivity (Wildman–Crippen MR) is 71.9 cm³/mol. The lowest BCUT2D eigenvalue weighted by atomic mass is 9.92. The van der Waals surface area contributed by atoms with E-state index in [4.69, 9.17) is 0 Å². The number of hydrogen-bond acceptors (Lipinski definition) is 2. The molecule has 102 valence electrons. The zero-order chi connectivity index (χ0) is 13.9. The molecule has 1 aliphatic heterocycles. The minimum absolute atomic E-state index is 0.0325. The summed E-state index contributed by atoms with van der Waals surface area (Å²) in [4.78, 5) is 26.3. The number of amides is 2. The van der Waals surface area contributed by atoms with Crippen molar-refractivity contribution < 1.29 is 9.59 Å². The van der Waals surface area contributed by atoms with Crippen LogP contribution in [-0.2, 0) is 9.59 Å². The summed E-state index contributed by atoms with van der Waals surface area (Å²) in [6.07, 6.45) is 2.49. The van der Waals surface area contributed by atoms with Crippen LogP contribution in [-0.4, -0.2) is 35.3 Å². The van der Waals surface area contributed by atoms with Crippen LogP contribution in [0, 0.1) is 11.8 Å². The quantitative estimate of drug-likeness (QED) is 0.755. The molecule has 2 unspecified atom stereocenters. The average molecular weight is 252 g/mol. The first kappa shape index (κ1) is 14.7. The number of carbonyl (C=O) groups is 2. The van der Waals surface area contributed by atoms with Crippen molar-refractivity contribution in [1.29, 1.82) is 0 Å². The van der Waals surface area contributed by atoms with Crippen molar-refractivity contribution in [2.24, 2.45) is 11.8 Å². The van der Waals surface area contributed by atoms with Gasteiger partial charge in [-0.1, -0.05) is 33.8 Å². The van der Waals surface area contributed by atoms with E-state index in [1.54, 1.807) is 11.0 Å². The minimum Gasteiger partial charge on any atom is -0.342 e. The summed E-state index contributed by atoms with van der Waals surface area (Å²) in [6, 6.07) is -0.746. The molecule has 0 aliphatic carbocycles. The van der Waals surface area contributed by atoms with Gasteiger partial charge in [0.25, 0.3) is 0 Å². The minimum atomic E-state index is -0.391. The number of rotatable bonds is 5. The van der Waals surface area contributed by atoms with Gasteiger partial charge in [-0.25, -0.2) is 0 Å². The Morgan fingerprint density at radius 2 is 1.89 bits per heavy atom. The van der Waals surface area contributed by atoms with E-state index in [2.05, 4.69) is 11.9 Å². The number of nitrogens with one attached hydrogen (secondary N) is 1. The summed E-state index contributed by atoms with van der Waals surface area (Å²) in [6.45, 7) is 12.1. The SMILES string of the molecule is C=CCCN1C(=O)C(C(C)C)NC(=O)C1C(C)C. The van der Waals surface area contributed by atoms with Crippen molar-refractivity contribution in [3.05, 3.63) is 12.7 Å². The second-order valence-electron chi connectivity index (χ2n) is 5.53. The lowest BCUT2D eigenvalue weighted by Crippen LogP contribution is -2.66. The molecule has 18 heavy (non-hydrogen) atoms. The standard InChI is InChI=1S/C14H24N2O2/c1-6-7-8-16-12(10(4)5)13(17)15-11(9(2)3)14(16)18/h6,9-12H,1,7-8H2,2-5H3,(H,15,17). The maximum Gasteiger partial charge on any atom is 0.246 e. The van der Waals surface area contributed by atoms with Crippen LogP contribution in [0.2, 0.25) is 0 Å². The van der Waals surface area contributed by atoms with Crippen LogP contribution < -0.4 is 5.32 Å². The molecule has 1 N–H and O–H groups in total. The third kappa shape index (κ3) is 2.92. The lowest BCUT2D eigenvalue weighted by Gasteiger charge is -2.42. The average Bonchev–Trinajstić information content (AvgIpc) is 2.28. The van der Waals surface area contributed by atoms with Crippen LogP contribution in [0.3, 0.4) is 0 Å². The Labute approximate surface area is 109 Å². The number of carbonyl (C=O) groups excluding carboxylic acids is 2. The Balaban J connectivity index is 2.96. The van der Waals surface area contributed by atoms with E-state index < -0.39 is 6.04 Å². The molecule has 1 rings (SSSR count). The van der Waals surface area contributed by atoms with E-state index in [9.17, 15) is 9.59 Å². The summed E-state index contributed by atoms with van der Waals surface area (Å²) in [5, 5.41) is 2.85. The second-order valence-corrected chi connectivity index (χ2v) is 5.53. The van der Waals surface area contributed by atoms with Crippen LogP contribution >= 0.6 is 0 Å². The van der Waals surface area contributed by atoms with Crippen LogP contribution in [0.25, 0.3) is 0 Å². The van der Waals surface area contributed by atoms with E-state index in [0.29, 0.717) is 13.0 Å². The molecule has 1 fully saturated rings. The summed E-state index contributed by atoms with van der Waals surface area (Å²) in [7, 11) is 0. The van der Waals surface area contributed by atoms with E-state index in [1.807, 2.05) is 27.7 Å². The summed E-state index contributed by atoms with van der Waals surface area (Å²) >= 11 is 0. The molecular weight excluding hydrogens is 228 g/mol. The first-order valence-electron chi connectivity index (χ1n) is 6.61. The van der Waals surface area contributed by atoms with Gasteiger partial charge in [0.2, 0.25) is 11.8 Å². The fourth-order valence-electron chi connectivity index (χ4n) is 2.35. The first-order chi connectivity index (χ1) is 8.40. The van der Waals surface area contributed by atoms with E-state index in [1.165, 1.54) is 0 Å². The normalized spacial score (nSPS) is 24.7. The zero-order valence-electron chi connectivity index (χ0n) is 11.8. The molecule has 1 saturated heterocycles. The maximum absolute atomic E-state index is 12.4. The van der Waals surface area contributed by atoms with Crippen molar-refractivity contribution in [3.63, 3.8) is 0 Å².